The van der Waals surface area contributed by atoms with Crippen molar-refractivity contribution in [2.24, 2.45) is 0 Å². The maximum absolute atomic E-state index is 5.40. The number of methoxy groups -OCH3 is 2. The summed E-state index contributed by atoms with van der Waals surface area (Å²) < 4.78 is 10.7. The Bertz CT molecular complexity index is 418. The summed E-state index contributed by atoms with van der Waals surface area (Å²) in [7, 11) is 3.39. The third kappa shape index (κ3) is 7.04. The minimum Gasteiger partial charge on any atom is -0.493 e. The van der Waals surface area contributed by atoms with E-state index in [2.05, 4.69) is 35.0 Å². The predicted octanol–water partition coefficient (Wildman–Crippen LogP) is 6.07. The number of rotatable bonds is 12. The predicted molar refractivity (Wildman–Crippen MR) is 98.7 cm³/mol. The van der Waals surface area contributed by atoms with Gasteiger partial charge in [0.15, 0.2) is 11.5 Å². The van der Waals surface area contributed by atoms with E-state index >= 15 is 0 Å². The third-order valence-corrected chi connectivity index (χ3v) is 4.73. The summed E-state index contributed by atoms with van der Waals surface area (Å²) in [6.45, 7) is 2.15. The largest absolute Gasteiger partial charge is 0.493 e. The van der Waals surface area contributed by atoms with E-state index in [-0.39, 0.29) is 0 Å². The standard InChI is InChI=1S/C19H31BrO2/c1-16-14-18(21-2)19(22-3)15-17(16)12-10-8-6-4-5-7-9-11-13-20/h14-15H,4-13H2,1-3H3. The molecule has 0 spiro atoms. The maximum atomic E-state index is 5.40. The quantitative estimate of drug-likeness (QED) is 0.328. The van der Waals surface area contributed by atoms with Gasteiger partial charge in [0.05, 0.1) is 14.2 Å². The summed E-state index contributed by atoms with van der Waals surface area (Å²) in [5.41, 5.74) is 2.68. The minimum atomic E-state index is 0.826. The van der Waals surface area contributed by atoms with E-state index in [1.807, 2.05) is 0 Å². The van der Waals surface area contributed by atoms with Gasteiger partial charge in [0.25, 0.3) is 0 Å². The van der Waals surface area contributed by atoms with Crippen LogP contribution in [0.25, 0.3) is 0 Å². The lowest BCUT2D eigenvalue weighted by Crippen LogP contribution is -1.96. The van der Waals surface area contributed by atoms with Crippen LogP contribution in [0.2, 0.25) is 0 Å². The molecule has 1 aromatic rings. The number of ether oxygens (including phenoxy) is 2. The van der Waals surface area contributed by atoms with Gasteiger partial charge in [0.1, 0.15) is 0 Å². The van der Waals surface area contributed by atoms with Crippen molar-refractivity contribution in [2.75, 3.05) is 19.5 Å². The first kappa shape index (κ1) is 19.3. The van der Waals surface area contributed by atoms with Crippen molar-refractivity contribution in [1.82, 2.24) is 0 Å². The van der Waals surface area contributed by atoms with Crippen LogP contribution >= 0.6 is 15.9 Å². The molecule has 0 aliphatic carbocycles. The van der Waals surface area contributed by atoms with E-state index in [4.69, 9.17) is 9.47 Å². The number of hydrogen-bond donors (Lipinski definition) is 0. The SMILES string of the molecule is COc1cc(C)c(CCCCCCCCCCBr)cc1OC. The van der Waals surface area contributed by atoms with Gasteiger partial charge in [-0.2, -0.15) is 0 Å². The first-order chi connectivity index (χ1) is 10.7. The molecule has 0 saturated carbocycles. The lowest BCUT2D eigenvalue weighted by Gasteiger charge is -2.12. The zero-order valence-corrected chi connectivity index (χ0v) is 16.0. The van der Waals surface area contributed by atoms with E-state index in [1.54, 1.807) is 14.2 Å². The molecule has 3 heteroatoms. The van der Waals surface area contributed by atoms with Gasteiger partial charge in [-0.05, 0) is 49.4 Å². The third-order valence-electron chi connectivity index (χ3n) is 4.17. The number of unbranched alkanes of at least 4 members (excludes halogenated alkanes) is 7. The minimum absolute atomic E-state index is 0.826. The van der Waals surface area contributed by atoms with Crippen LogP contribution in [-0.4, -0.2) is 19.5 Å². The first-order valence-electron chi connectivity index (χ1n) is 8.50. The Hall–Kier alpha value is -0.700. The lowest BCUT2D eigenvalue weighted by atomic mass is 10.00. The van der Waals surface area contributed by atoms with Gasteiger partial charge in [-0.3, -0.25) is 0 Å². The summed E-state index contributed by atoms with van der Waals surface area (Å²) in [6.07, 6.45) is 11.9. The van der Waals surface area contributed by atoms with Gasteiger partial charge in [-0.1, -0.05) is 54.5 Å². The van der Waals surface area contributed by atoms with Crippen molar-refractivity contribution in [3.05, 3.63) is 23.3 Å². The molecule has 0 atom stereocenters. The molecule has 1 rings (SSSR count). The highest BCUT2D eigenvalue weighted by Gasteiger charge is 2.08. The molecule has 0 saturated heterocycles. The van der Waals surface area contributed by atoms with Crippen LogP contribution in [0.1, 0.15) is 62.5 Å². The molecule has 1 aromatic carbocycles. The molecule has 0 aliphatic heterocycles. The van der Waals surface area contributed by atoms with E-state index < -0.39 is 0 Å². The highest BCUT2D eigenvalue weighted by Crippen LogP contribution is 2.31. The van der Waals surface area contributed by atoms with Gasteiger partial charge >= 0.3 is 0 Å². The fourth-order valence-corrected chi connectivity index (χ4v) is 3.16. The molecule has 0 amide bonds. The Morgan fingerprint density at radius 3 is 1.82 bits per heavy atom. The lowest BCUT2D eigenvalue weighted by molar-refractivity contribution is 0.354. The monoisotopic (exact) mass is 370 g/mol. The van der Waals surface area contributed by atoms with Crippen molar-refractivity contribution < 1.29 is 9.47 Å². The molecule has 0 aliphatic rings. The van der Waals surface area contributed by atoms with Crippen LogP contribution < -0.4 is 9.47 Å². The van der Waals surface area contributed by atoms with Gasteiger partial charge in [0.2, 0.25) is 0 Å². The van der Waals surface area contributed by atoms with Crippen LogP contribution in [-0.2, 0) is 6.42 Å². The van der Waals surface area contributed by atoms with Gasteiger partial charge < -0.3 is 9.47 Å². The van der Waals surface area contributed by atoms with Crippen LogP contribution in [0.15, 0.2) is 12.1 Å². The van der Waals surface area contributed by atoms with E-state index in [9.17, 15) is 0 Å². The summed E-state index contributed by atoms with van der Waals surface area (Å²) >= 11 is 3.48. The molecule has 0 heterocycles. The Kier molecular flexibility index (Phi) is 10.4. The van der Waals surface area contributed by atoms with Gasteiger partial charge in [0, 0.05) is 5.33 Å². The van der Waals surface area contributed by atoms with Crippen LogP contribution in [0.3, 0.4) is 0 Å². The summed E-state index contributed by atoms with van der Waals surface area (Å²) in [5.74, 6) is 1.67. The van der Waals surface area contributed by atoms with Crippen LogP contribution in [0.4, 0.5) is 0 Å². The van der Waals surface area contributed by atoms with Crippen molar-refractivity contribution in [3.8, 4) is 11.5 Å². The van der Waals surface area contributed by atoms with Crippen molar-refractivity contribution in [2.45, 2.75) is 64.7 Å². The average molecular weight is 371 g/mol. The number of aryl methyl sites for hydroxylation is 2. The van der Waals surface area contributed by atoms with E-state index in [0.29, 0.717) is 0 Å². The number of halogens is 1. The first-order valence-corrected chi connectivity index (χ1v) is 9.62. The van der Waals surface area contributed by atoms with Gasteiger partial charge in [-0.15, -0.1) is 0 Å². The number of alkyl halides is 1. The zero-order valence-electron chi connectivity index (χ0n) is 14.4. The number of hydrogen-bond acceptors (Lipinski definition) is 2. The molecule has 2 nitrogen and oxygen atoms in total. The van der Waals surface area contributed by atoms with Crippen molar-refractivity contribution in [1.29, 1.82) is 0 Å². The molecule has 0 fully saturated rings. The molecule has 0 bridgehead atoms. The fraction of sp³-hybridized carbons (Fsp3) is 0.684. The Morgan fingerprint density at radius 2 is 1.27 bits per heavy atom. The molecule has 0 radical (unpaired) electrons. The molecule has 126 valence electrons. The second-order valence-corrected chi connectivity index (χ2v) is 6.69. The van der Waals surface area contributed by atoms with E-state index in [0.717, 1.165) is 23.2 Å². The number of benzene rings is 1. The van der Waals surface area contributed by atoms with Crippen LogP contribution in [0, 0.1) is 6.92 Å². The molecule has 0 unspecified atom stereocenters. The van der Waals surface area contributed by atoms with Crippen LogP contribution in [0.5, 0.6) is 11.5 Å². The van der Waals surface area contributed by atoms with E-state index in [1.165, 1.54) is 62.5 Å². The fourth-order valence-electron chi connectivity index (χ4n) is 2.76. The highest BCUT2D eigenvalue weighted by atomic mass is 79.9. The topological polar surface area (TPSA) is 18.5 Å². The Balaban J connectivity index is 2.24. The second-order valence-electron chi connectivity index (χ2n) is 5.90. The molecular weight excluding hydrogens is 340 g/mol. The normalized spacial score (nSPS) is 10.7. The Morgan fingerprint density at radius 1 is 0.773 bits per heavy atom. The van der Waals surface area contributed by atoms with Gasteiger partial charge in [-0.25, -0.2) is 0 Å². The summed E-state index contributed by atoms with van der Waals surface area (Å²) in [4.78, 5) is 0. The molecular formula is C19H31BrO2. The summed E-state index contributed by atoms with van der Waals surface area (Å²) in [6, 6.07) is 4.21. The summed E-state index contributed by atoms with van der Waals surface area (Å²) in [5, 5.41) is 1.15. The molecule has 0 N–H and O–H groups in total. The van der Waals surface area contributed by atoms with Crippen molar-refractivity contribution in [3.63, 3.8) is 0 Å². The van der Waals surface area contributed by atoms with Crippen molar-refractivity contribution >= 4 is 15.9 Å². The second kappa shape index (κ2) is 11.8. The Labute approximate surface area is 144 Å². The highest BCUT2D eigenvalue weighted by molar-refractivity contribution is 9.09. The smallest absolute Gasteiger partial charge is 0.161 e. The zero-order chi connectivity index (χ0) is 16.2. The maximum Gasteiger partial charge on any atom is 0.161 e. The molecule has 22 heavy (non-hydrogen) atoms. The average Bonchev–Trinajstić information content (AvgIpc) is 2.54. The molecule has 0 aromatic heterocycles.